The van der Waals surface area contributed by atoms with E-state index in [0.29, 0.717) is 16.3 Å². The summed E-state index contributed by atoms with van der Waals surface area (Å²) in [7, 11) is 0. The van der Waals surface area contributed by atoms with Crippen molar-refractivity contribution in [3.63, 3.8) is 0 Å². The van der Waals surface area contributed by atoms with Crippen molar-refractivity contribution in [2.75, 3.05) is 11.9 Å². The third-order valence-electron chi connectivity index (χ3n) is 2.27. The SMILES string of the molecule is O=C(O)C(=O)Nc1sc2c(c1C(=O)O)=CCNC=2. The second kappa shape index (κ2) is 4.49. The number of carboxylic acid groups (broad SMARTS) is 2. The molecule has 0 spiro atoms. The molecule has 0 atom stereocenters. The molecule has 0 aliphatic carbocycles. The summed E-state index contributed by atoms with van der Waals surface area (Å²) in [6.07, 6.45) is 3.30. The number of carbonyl (C=O) groups excluding carboxylic acids is 1. The predicted molar refractivity (Wildman–Crippen MR) is 63.7 cm³/mol. The van der Waals surface area contributed by atoms with Gasteiger partial charge in [0.1, 0.15) is 10.6 Å². The molecule has 2 rings (SSSR count). The number of nitrogens with one attached hydrogen (secondary N) is 2. The summed E-state index contributed by atoms with van der Waals surface area (Å²) in [5.74, 6) is -4.13. The molecule has 0 aromatic carbocycles. The van der Waals surface area contributed by atoms with Crippen molar-refractivity contribution < 1.29 is 24.6 Å². The number of rotatable bonds is 2. The first kappa shape index (κ1) is 12.1. The highest BCUT2D eigenvalue weighted by atomic mass is 32.1. The van der Waals surface area contributed by atoms with Gasteiger partial charge >= 0.3 is 17.8 Å². The van der Waals surface area contributed by atoms with Crippen LogP contribution in [-0.2, 0) is 9.59 Å². The van der Waals surface area contributed by atoms with Gasteiger partial charge in [0.05, 0.1) is 4.53 Å². The van der Waals surface area contributed by atoms with Crippen LogP contribution in [0.3, 0.4) is 0 Å². The molecule has 0 unspecified atom stereocenters. The molecule has 1 aliphatic rings. The van der Waals surface area contributed by atoms with Crippen LogP contribution in [0.25, 0.3) is 12.3 Å². The minimum Gasteiger partial charge on any atom is -0.478 e. The monoisotopic (exact) mass is 268 g/mol. The molecule has 1 aliphatic heterocycles. The Kier molecular flexibility index (Phi) is 3.02. The normalized spacial score (nSPS) is 12.4. The van der Waals surface area contributed by atoms with Crippen LogP contribution in [0, 0.1) is 0 Å². The molecule has 0 bridgehead atoms. The van der Waals surface area contributed by atoms with Crippen molar-refractivity contribution >= 4 is 46.5 Å². The number of aromatic carboxylic acids is 1. The molecule has 8 heteroatoms. The van der Waals surface area contributed by atoms with Gasteiger partial charge in [-0.05, 0) is 0 Å². The Balaban J connectivity index is 2.55. The first-order chi connectivity index (χ1) is 8.50. The van der Waals surface area contributed by atoms with Crippen LogP contribution in [0.15, 0.2) is 0 Å². The number of anilines is 1. The lowest BCUT2D eigenvalue weighted by molar-refractivity contribution is -0.147. The van der Waals surface area contributed by atoms with Gasteiger partial charge in [0.15, 0.2) is 0 Å². The molecule has 0 fully saturated rings. The van der Waals surface area contributed by atoms with E-state index in [9.17, 15) is 14.4 Å². The quantitative estimate of drug-likeness (QED) is 0.490. The van der Waals surface area contributed by atoms with Crippen molar-refractivity contribution in [3.05, 3.63) is 15.3 Å². The van der Waals surface area contributed by atoms with Gasteiger partial charge in [0.25, 0.3) is 0 Å². The van der Waals surface area contributed by atoms with Crippen molar-refractivity contribution in [3.8, 4) is 0 Å². The number of hydrogen-bond acceptors (Lipinski definition) is 5. The van der Waals surface area contributed by atoms with Gasteiger partial charge in [-0.15, -0.1) is 11.3 Å². The molecule has 1 amide bonds. The van der Waals surface area contributed by atoms with Crippen LogP contribution >= 0.6 is 11.3 Å². The van der Waals surface area contributed by atoms with E-state index in [1.807, 2.05) is 0 Å². The van der Waals surface area contributed by atoms with Gasteiger partial charge in [-0.3, -0.25) is 4.79 Å². The molecule has 1 aromatic heterocycles. The topological polar surface area (TPSA) is 116 Å². The van der Waals surface area contributed by atoms with Gasteiger partial charge in [-0.1, -0.05) is 6.08 Å². The Morgan fingerprint density at radius 2 is 2.06 bits per heavy atom. The average molecular weight is 268 g/mol. The lowest BCUT2D eigenvalue weighted by Gasteiger charge is -2.00. The zero-order chi connectivity index (χ0) is 13.3. The second-order valence-electron chi connectivity index (χ2n) is 3.41. The highest BCUT2D eigenvalue weighted by Gasteiger charge is 2.21. The van der Waals surface area contributed by atoms with Gasteiger partial charge in [-0.25, -0.2) is 9.59 Å². The minimum atomic E-state index is -1.66. The highest BCUT2D eigenvalue weighted by molar-refractivity contribution is 7.14. The molecule has 1 aromatic rings. The zero-order valence-corrected chi connectivity index (χ0v) is 9.71. The van der Waals surface area contributed by atoms with Crippen LogP contribution in [0.5, 0.6) is 0 Å². The van der Waals surface area contributed by atoms with E-state index in [2.05, 4.69) is 10.6 Å². The van der Waals surface area contributed by atoms with Crippen molar-refractivity contribution in [1.82, 2.24) is 5.32 Å². The van der Waals surface area contributed by atoms with E-state index >= 15 is 0 Å². The maximum Gasteiger partial charge on any atom is 0.394 e. The smallest absolute Gasteiger partial charge is 0.394 e. The van der Waals surface area contributed by atoms with Crippen LogP contribution in [0.1, 0.15) is 10.4 Å². The van der Waals surface area contributed by atoms with Crippen LogP contribution < -0.4 is 20.4 Å². The van der Waals surface area contributed by atoms with Crippen molar-refractivity contribution in [1.29, 1.82) is 0 Å². The molecule has 18 heavy (non-hydrogen) atoms. The Hall–Kier alpha value is -2.35. The summed E-state index contributed by atoms with van der Waals surface area (Å²) in [5, 5.41) is 23.1. The fourth-order valence-corrected chi connectivity index (χ4v) is 2.64. The molecule has 0 radical (unpaired) electrons. The molecule has 4 N–H and O–H groups in total. The molecule has 0 saturated carbocycles. The molecular formula is C10H8N2O5S. The van der Waals surface area contributed by atoms with E-state index < -0.39 is 17.8 Å². The zero-order valence-electron chi connectivity index (χ0n) is 8.89. The fourth-order valence-electron chi connectivity index (χ4n) is 1.54. The first-order valence-electron chi connectivity index (χ1n) is 4.85. The van der Waals surface area contributed by atoms with Gasteiger partial charge < -0.3 is 20.8 Å². The van der Waals surface area contributed by atoms with E-state index in [4.69, 9.17) is 10.2 Å². The minimum absolute atomic E-state index is 0.0242. The van der Waals surface area contributed by atoms with Crippen LogP contribution in [0.2, 0.25) is 0 Å². The summed E-state index contributed by atoms with van der Waals surface area (Å²) in [6.45, 7) is 0.482. The van der Waals surface area contributed by atoms with E-state index in [1.165, 1.54) is 0 Å². The first-order valence-corrected chi connectivity index (χ1v) is 5.66. The lowest BCUT2D eigenvalue weighted by Crippen LogP contribution is -2.32. The highest BCUT2D eigenvalue weighted by Crippen LogP contribution is 2.16. The summed E-state index contributed by atoms with van der Waals surface area (Å²) in [5.41, 5.74) is -0.0812. The van der Waals surface area contributed by atoms with E-state index in [1.54, 1.807) is 12.3 Å². The van der Waals surface area contributed by atoms with Crippen LogP contribution in [0.4, 0.5) is 5.00 Å². The summed E-state index contributed by atoms with van der Waals surface area (Å²) in [6, 6.07) is 0. The Bertz CT molecular complexity index is 661. The maximum absolute atomic E-state index is 11.2. The number of thiophene rings is 1. The molecule has 94 valence electrons. The third-order valence-corrected chi connectivity index (χ3v) is 3.33. The molecular weight excluding hydrogens is 260 g/mol. The van der Waals surface area contributed by atoms with Gasteiger partial charge in [0.2, 0.25) is 0 Å². The fraction of sp³-hybridized carbons (Fsp3) is 0.100. The number of amides is 1. The second-order valence-corrected chi connectivity index (χ2v) is 4.46. The summed E-state index contributed by atoms with van der Waals surface area (Å²) >= 11 is 1.01. The van der Waals surface area contributed by atoms with E-state index in [-0.39, 0.29) is 10.6 Å². The summed E-state index contributed by atoms with van der Waals surface area (Å²) < 4.78 is 0.638. The Morgan fingerprint density at radius 3 is 2.67 bits per heavy atom. The third kappa shape index (κ3) is 2.05. The largest absolute Gasteiger partial charge is 0.478 e. The van der Waals surface area contributed by atoms with Gasteiger partial charge in [0, 0.05) is 18.0 Å². The predicted octanol–water partition coefficient (Wildman–Crippen LogP) is -1.41. The van der Waals surface area contributed by atoms with Crippen molar-refractivity contribution in [2.45, 2.75) is 0 Å². The summed E-state index contributed by atoms with van der Waals surface area (Å²) in [4.78, 5) is 32.7. The standard InChI is InChI=1S/C10H8N2O5S/c13-7(10(16)17)12-8-6(9(14)15)4-1-2-11-3-5(4)18-8/h1,3,11H,2H2,(H,12,13)(H,14,15)(H,16,17). The number of carbonyl (C=O) groups is 3. The Labute approximate surface area is 104 Å². The number of aliphatic carboxylic acids is 1. The van der Waals surface area contributed by atoms with Gasteiger partial charge in [-0.2, -0.15) is 0 Å². The number of hydrogen-bond donors (Lipinski definition) is 4. The molecule has 0 saturated heterocycles. The Morgan fingerprint density at radius 1 is 1.33 bits per heavy atom. The van der Waals surface area contributed by atoms with Crippen molar-refractivity contribution in [2.24, 2.45) is 0 Å². The lowest BCUT2D eigenvalue weighted by atomic mass is 10.2. The number of carboxylic acids is 2. The molecule has 2 heterocycles. The van der Waals surface area contributed by atoms with Crippen LogP contribution in [-0.4, -0.2) is 34.6 Å². The van der Waals surface area contributed by atoms with E-state index in [0.717, 1.165) is 11.3 Å². The maximum atomic E-state index is 11.2. The molecule has 7 nitrogen and oxygen atoms in total. The average Bonchev–Trinajstić information content (AvgIpc) is 2.66. The number of fused-ring (bicyclic) bond motifs is 1.